The van der Waals surface area contributed by atoms with Gasteiger partial charge < -0.3 is 15.2 Å². The fourth-order valence-corrected chi connectivity index (χ4v) is 2.17. The van der Waals surface area contributed by atoms with Crippen LogP contribution in [0.3, 0.4) is 0 Å². The lowest BCUT2D eigenvalue weighted by Gasteiger charge is -2.17. The van der Waals surface area contributed by atoms with Crippen LogP contribution in [0.1, 0.15) is 30.9 Å². The second kappa shape index (κ2) is 8.00. The molecule has 4 heteroatoms. The fourth-order valence-electron chi connectivity index (χ4n) is 2.17. The number of methoxy groups -OCH3 is 2. The van der Waals surface area contributed by atoms with Crippen LogP contribution in [0.15, 0.2) is 12.1 Å². The zero-order chi connectivity index (χ0) is 14.3. The monoisotopic (exact) mass is 269 g/mol. The van der Waals surface area contributed by atoms with Crippen LogP contribution < -0.4 is 15.2 Å². The van der Waals surface area contributed by atoms with Crippen molar-refractivity contribution in [2.75, 3.05) is 20.9 Å². The van der Waals surface area contributed by atoms with Crippen LogP contribution in [-0.4, -0.2) is 26.9 Å². The largest absolute Gasteiger partial charge is 0.496 e. The van der Waals surface area contributed by atoms with Gasteiger partial charge in [0.05, 0.1) is 20.9 Å². The normalized spacial score (nSPS) is 12.3. The van der Waals surface area contributed by atoms with Gasteiger partial charge in [-0.25, -0.2) is 0 Å². The maximum absolute atomic E-state index is 12.3. The number of hydrogen-bond donors (Lipinski definition) is 1. The van der Waals surface area contributed by atoms with Crippen molar-refractivity contribution >= 4 is 0 Å². The highest BCUT2D eigenvalue weighted by atomic mass is 19.1. The third-order valence-corrected chi connectivity index (χ3v) is 3.16. The van der Waals surface area contributed by atoms with E-state index in [9.17, 15) is 4.39 Å². The molecule has 2 N–H and O–H groups in total. The van der Waals surface area contributed by atoms with Crippen LogP contribution in [-0.2, 0) is 12.8 Å². The maximum Gasteiger partial charge on any atom is 0.122 e. The smallest absolute Gasteiger partial charge is 0.122 e. The van der Waals surface area contributed by atoms with E-state index < -0.39 is 6.67 Å². The average Bonchev–Trinajstić information content (AvgIpc) is 2.40. The first-order valence-corrected chi connectivity index (χ1v) is 6.71. The molecule has 0 aliphatic carbocycles. The van der Waals surface area contributed by atoms with Crippen LogP contribution in [0.5, 0.6) is 11.5 Å². The number of ether oxygens (including phenoxy) is 2. The Morgan fingerprint density at radius 2 is 1.74 bits per heavy atom. The molecule has 19 heavy (non-hydrogen) atoms. The highest BCUT2D eigenvalue weighted by Gasteiger charge is 2.13. The third kappa shape index (κ3) is 4.39. The van der Waals surface area contributed by atoms with Crippen LogP contribution in [0.4, 0.5) is 4.39 Å². The van der Waals surface area contributed by atoms with Crippen LogP contribution >= 0.6 is 0 Å². The van der Waals surface area contributed by atoms with Crippen molar-refractivity contribution in [3.63, 3.8) is 0 Å². The van der Waals surface area contributed by atoms with Crippen molar-refractivity contribution in [1.82, 2.24) is 0 Å². The van der Waals surface area contributed by atoms with Gasteiger partial charge in [0.2, 0.25) is 0 Å². The minimum Gasteiger partial charge on any atom is -0.496 e. The molecule has 0 amide bonds. The van der Waals surface area contributed by atoms with Gasteiger partial charge in [-0.3, -0.25) is 4.39 Å². The number of alkyl halides is 1. The first kappa shape index (κ1) is 15.8. The molecule has 108 valence electrons. The van der Waals surface area contributed by atoms with Crippen LogP contribution in [0.2, 0.25) is 0 Å². The molecule has 0 bridgehead atoms. The molecule has 0 aromatic heterocycles. The summed E-state index contributed by atoms with van der Waals surface area (Å²) in [5.74, 6) is 1.66. The molecule has 1 unspecified atom stereocenters. The van der Waals surface area contributed by atoms with Gasteiger partial charge >= 0.3 is 0 Å². The summed E-state index contributed by atoms with van der Waals surface area (Å²) >= 11 is 0. The predicted molar refractivity (Wildman–Crippen MR) is 75.8 cm³/mol. The molecule has 0 radical (unpaired) electrons. The van der Waals surface area contributed by atoms with Gasteiger partial charge in [-0.05, 0) is 42.5 Å². The minimum absolute atomic E-state index is 0.194. The van der Waals surface area contributed by atoms with Crippen LogP contribution in [0.25, 0.3) is 0 Å². The second-order valence-corrected chi connectivity index (χ2v) is 4.67. The molecule has 0 heterocycles. The molecular weight excluding hydrogens is 245 g/mol. The molecule has 1 aromatic rings. The van der Waals surface area contributed by atoms with E-state index in [2.05, 4.69) is 6.92 Å². The van der Waals surface area contributed by atoms with Crippen molar-refractivity contribution < 1.29 is 13.9 Å². The summed E-state index contributed by atoms with van der Waals surface area (Å²) in [6, 6.07) is 3.77. The summed E-state index contributed by atoms with van der Waals surface area (Å²) in [6.07, 6.45) is 2.94. The number of hydrogen-bond acceptors (Lipinski definition) is 3. The minimum atomic E-state index is -0.394. The molecule has 0 saturated carbocycles. The molecule has 0 spiro atoms. The molecular formula is C15H24FNO2. The number of benzene rings is 1. The molecule has 0 fully saturated rings. The molecule has 1 rings (SSSR count). The predicted octanol–water partition coefficient (Wildman–Crippen LogP) is 2.89. The highest BCUT2D eigenvalue weighted by molar-refractivity contribution is 5.47. The highest BCUT2D eigenvalue weighted by Crippen LogP contribution is 2.30. The zero-order valence-electron chi connectivity index (χ0n) is 12.0. The first-order chi connectivity index (χ1) is 9.15. The number of halogens is 1. The molecule has 1 atom stereocenters. The fraction of sp³-hybridized carbons (Fsp3) is 0.600. The lowest BCUT2D eigenvalue weighted by molar-refractivity contribution is 0.389. The van der Waals surface area contributed by atoms with Gasteiger partial charge in [-0.2, -0.15) is 0 Å². The van der Waals surface area contributed by atoms with E-state index in [1.54, 1.807) is 14.2 Å². The van der Waals surface area contributed by atoms with Crippen molar-refractivity contribution in [3.05, 3.63) is 23.3 Å². The Bertz CT molecular complexity index is 396. The molecule has 0 saturated heterocycles. The van der Waals surface area contributed by atoms with Crippen molar-refractivity contribution in [2.24, 2.45) is 5.73 Å². The number of aryl methyl sites for hydroxylation is 1. The van der Waals surface area contributed by atoms with E-state index in [0.29, 0.717) is 12.8 Å². The Morgan fingerprint density at radius 3 is 2.26 bits per heavy atom. The van der Waals surface area contributed by atoms with Crippen molar-refractivity contribution in [1.29, 1.82) is 0 Å². The summed E-state index contributed by atoms with van der Waals surface area (Å²) in [7, 11) is 3.30. The standard InChI is InChI=1S/C15H24FNO2/c1-4-5-11-9-15(19-3)12(10-14(11)18-2)8-13(17)6-7-16/h9-10,13H,4-8,17H2,1-3H3. The Labute approximate surface area is 114 Å². The van der Waals surface area contributed by atoms with Gasteiger partial charge in [0.15, 0.2) is 0 Å². The number of rotatable bonds is 8. The SMILES string of the molecule is CCCc1cc(OC)c(CC(N)CCF)cc1OC. The summed E-state index contributed by atoms with van der Waals surface area (Å²) in [6.45, 7) is 1.73. The van der Waals surface area contributed by atoms with E-state index in [0.717, 1.165) is 35.5 Å². The maximum atomic E-state index is 12.3. The van der Waals surface area contributed by atoms with Crippen molar-refractivity contribution in [3.8, 4) is 11.5 Å². The lowest BCUT2D eigenvalue weighted by atomic mass is 9.99. The third-order valence-electron chi connectivity index (χ3n) is 3.16. The van der Waals surface area contributed by atoms with E-state index in [1.807, 2.05) is 12.1 Å². The van der Waals surface area contributed by atoms with Gasteiger partial charge in [-0.1, -0.05) is 13.3 Å². The van der Waals surface area contributed by atoms with Crippen LogP contribution in [0, 0.1) is 0 Å². The van der Waals surface area contributed by atoms with E-state index in [-0.39, 0.29) is 6.04 Å². The Morgan fingerprint density at radius 1 is 1.16 bits per heavy atom. The molecule has 0 aliphatic rings. The Hall–Kier alpha value is -1.29. The average molecular weight is 269 g/mol. The van der Waals surface area contributed by atoms with Gasteiger partial charge in [0.1, 0.15) is 11.5 Å². The summed E-state index contributed by atoms with van der Waals surface area (Å²) in [4.78, 5) is 0. The van der Waals surface area contributed by atoms with Gasteiger partial charge in [-0.15, -0.1) is 0 Å². The second-order valence-electron chi connectivity index (χ2n) is 4.67. The van der Waals surface area contributed by atoms with Gasteiger partial charge in [0, 0.05) is 6.04 Å². The quantitative estimate of drug-likeness (QED) is 0.789. The number of nitrogens with two attached hydrogens (primary N) is 1. The Balaban J connectivity index is 3.02. The zero-order valence-corrected chi connectivity index (χ0v) is 12.0. The topological polar surface area (TPSA) is 44.5 Å². The molecule has 0 aliphatic heterocycles. The first-order valence-electron chi connectivity index (χ1n) is 6.71. The molecule has 1 aromatic carbocycles. The van der Waals surface area contributed by atoms with E-state index in [1.165, 1.54) is 0 Å². The van der Waals surface area contributed by atoms with Gasteiger partial charge in [0.25, 0.3) is 0 Å². The summed E-state index contributed by atoms with van der Waals surface area (Å²) in [5.41, 5.74) is 7.99. The van der Waals surface area contributed by atoms with Crippen molar-refractivity contribution in [2.45, 2.75) is 38.6 Å². The van der Waals surface area contributed by atoms with E-state index in [4.69, 9.17) is 15.2 Å². The summed E-state index contributed by atoms with van der Waals surface area (Å²) in [5, 5.41) is 0. The van der Waals surface area contributed by atoms with E-state index >= 15 is 0 Å². The summed E-state index contributed by atoms with van der Waals surface area (Å²) < 4.78 is 23.1. The molecule has 3 nitrogen and oxygen atoms in total. The Kier molecular flexibility index (Phi) is 6.64. The lowest BCUT2D eigenvalue weighted by Crippen LogP contribution is -2.23.